The predicted octanol–water partition coefficient (Wildman–Crippen LogP) is 3.78. The van der Waals surface area contributed by atoms with Crippen molar-refractivity contribution in [2.75, 3.05) is 0 Å². The van der Waals surface area contributed by atoms with Gasteiger partial charge in [-0.3, -0.25) is 4.79 Å². The van der Waals surface area contributed by atoms with E-state index in [9.17, 15) is 4.79 Å². The Balaban J connectivity index is 2.55. The number of aromatic amines is 1. The number of carbonyl (C=O) groups is 1. The molecule has 0 saturated carbocycles. The van der Waals surface area contributed by atoms with E-state index in [2.05, 4.69) is 17.6 Å². The van der Waals surface area contributed by atoms with E-state index in [1.807, 2.05) is 30.3 Å². The minimum atomic E-state index is 0.675. The average molecular weight is 221 g/mol. The van der Waals surface area contributed by atoms with E-state index in [0.717, 1.165) is 33.7 Å². The maximum atomic E-state index is 11.2. The van der Waals surface area contributed by atoms with Gasteiger partial charge < -0.3 is 4.98 Å². The SMILES string of the molecule is C=Cc1ccc2c([nH]c3ccccc32)c1C=O. The molecule has 2 heteroatoms. The van der Waals surface area contributed by atoms with Crippen molar-refractivity contribution in [3.05, 3.63) is 54.1 Å². The van der Waals surface area contributed by atoms with Crippen LogP contribution in [0.4, 0.5) is 0 Å². The quantitative estimate of drug-likeness (QED) is 0.656. The number of aldehydes is 1. The Labute approximate surface area is 98.6 Å². The highest BCUT2D eigenvalue weighted by Gasteiger charge is 2.09. The molecule has 0 unspecified atom stereocenters. The lowest BCUT2D eigenvalue weighted by molar-refractivity contribution is 0.112. The van der Waals surface area contributed by atoms with Crippen LogP contribution in [0, 0.1) is 0 Å². The summed E-state index contributed by atoms with van der Waals surface area (Å²) in [6.07, 6.45) is 2.59. The summed E-state index contributed by atoms with van der Waals surface area (Å²) in [7, 11) is 0. The van der Waals surface area contributed by atoms with Crippen LogP contribution in [-0.4, -0.2) is 11.3 Å². The Morgan fingerprint density at radius 3 is 2.65 bits per heavy atom. The fourth-order valence-electron chi connectivity index (χ4n) is 2.26. The monoisotopic (exact) mass is 221 g/mol. The number of hydrogen-bond donors (Lipinski definition) is 1. The average Bonchev–Trinajstić information content (AvgIpc) is 2.75. The van der Waals surface area contributed by atoms with Crippen LogP contribution in [-0.2, 0) is 0 Å². The van der Waals surface area contributed by atoms with Crippen LogP contribution < -0.4 is 0 Å². The molecule has 1 aromatic heterocycles. The molecule has 3 rings (SSSR count). The van der Waals surface area contributed by atoms with Crippen molar-refractivity contribution >= 4 is 34.2 Å². The summed E-state index contributed by atoms with van der Waals surface area (Å²) in [6.45, 7) is 3.73. The second-order valence-electron chi connectivity index (χ2n) is 3.98. The lowest BCUT2D eigenvalue weighted by atomic mass is 10.0. The molecule has 0 atom stereocenters. The zero-order valence-electron chi connectivity index (χ0n) is 9.23. The Kier molecular flexibility index (Phi) is 2.08. The van der Waals surface area contributed by atoms with E-state index in [4.69, 9.17) is 0 Å². The van der Waals surface area contributed by atoms with Gasteiger partial charge in [0.05, 0.1) is 5.52 Å². The van der Waals surface area contributed by atoms with Gasteiger partial charge in [-0.05, 0) is 11.6 Å². The molecule has 3 aromatic rings. The van der Waals surface area contributed by atoms with Gasteiger partial charge in [-0.25, -0.2) is 0 Å². The van der Waals surface area contributed by atoms with E-state index in [-0.39, 0.29) is 0 Å². The highest BCUT2D eigenvalue weighted by Crippen LogP contribution is 2.28. The number of fused-ring (bicyclic) bond motifs is 3. The Hall–Kier alpha value is -2.35. The molecular weight excluding hydrogens is 210 g/mol. The summed E-state index contributed by atoms with van der Waals surface area (Å²) < 4.78 is 0. The van der Waals surface area contributed by atoms with Gasteiger partial charge in [-0.15, -0.1) is 0 Å². The molecule has 0 amide bonds. The third-order valence-corrected chi connectivity index (χ3v) is 3.09. The Morgan fingerprint density at radius 2 is 1.88 bits per heavy atom. The van der Waals surface area contributed by atoms with Crippen molar-refractivity contribution in [2.45, 2.75) is 0 Å². The molecule has 0 aliphatic carbocycles. The van der Waals surface area contributed by atoms with Gasteiger partial charge in [-0.1, -0.05) is 43.0 Å². The molecule has 82 valence electrons. The standard InChI is InChI=1S/C15H11NO/c1-2-10-7-8-12-11-5-3-4-6-14(11)16-15(12)13(10)9-17/h2-9,16H,1H2. The lowest BCUT2D eigenvalue weighted by Crippen LogP contribution is -1.87. The second kappa shape index (κ2) is 3.59. The molecular formula is C15H11NO. The summed E-state index contributed by atoms with van der Waals surface area (Å²) in [5.74, 6) is 0. The van der Waals surface area contributed by atoms with Crippen LogP contribution >= 0.6 is 0 Å². The zero-order valence-corrected chi connectivity index (χ0v) is 9.23. The first kappa shape index (κ1) is 9.85. The largest absolute Gasteiger partial charge is 0.354 e. The summed E-state index contributed by atoms with van der Waals surface area (Å²) >= 11 is 0. The van der Waals surface area contributed by atoms with Crippen LogP contribution in [0.15, 0.2) is 43.0 Å². The third kappa shape index (κ3) is 1.31. The molecule has 0 fully saturated rings. The van der Waals surface area contributed by atoms with Gasteiger partial charge in [0.1, 0.15) is 0 Å². The smallest absolute Gasteiger partial charge is 0.152 e. The molecule has 17 heavy (non-hydrogen) atoms. The van der Waals surface area contributed by atoms with Gasteiger partial charge in [0.15, 0.2) is 6.29 Å². The molecule has 0 saturated heterocycles. The number of rotatable bonds is 2. The maximum absolute atomic E-state index is 11.2. The number of nitrogens with one attached hydrogen (secondary N) is 1. The van der Waals surface area contributed by atoms with Crippen molar-refractivity contribution in [2.24, 2.45) is 0 Å². The van der Waals surface area contributed by atoms with Crippen molar-refractivity contribution in [3.8, 4) is 0 Å². The number of carbonyl (C=O) groups excluding carboxylic acids is 1. The molecule has 2 aromatic carbocycles. The van der Waals surface area contributed by atoms with Crippen molar-refractivity contribution < 1.29 is 4.79 Å². The minimum Gasteiger partial charge on any atom is -0.354 e. The lowest BCUT2D eigenvalue weighted by Gasteiger charge is -2.00. The second-order valence-corrected chi connectivity index (χ2v) is 3.98. The number of para-hydroxylation sites is 1. The summed E-state index contributed by atoms with van der Waals surface area (Å²) in [4.78, 5) is 14.5. The number of benzene rings is 2. The topological polar surface area (TPSA) is 32.9 Å². The summed E-state index contributed by atoms with van der Waals surface area (Å²) in [5.41, 5.74) is 3.47. The number of aromatic nitrogens is 1. The fourth-order valence-corrected chi connectivity index (χ4v) is 2.26. The van der Waals surface area contributed by atoms with Crippen LogP contribution in [0.2, 0.25) is 0 Å². The Bertz CT molecular complexity index is 737. The van der Waals surface area contributed by atoms with E-state index in [0.29, 0.717) is 5.56 Å². The molecule has 0 spiro atoms. The highest BCUT2D eigenvalue weighted by molar-refractivity contribution is 6.12. The first-order valence-electron chi connectivity index (χ1n) is 5.46. The van der Waals surface area contributed by atoms with Crippen molar-refractivity contribution in [3.63, 3.8) is 0 Å². The van der Waals surface area contributed by atoms with Crippen molar-refractivity contribution in [1.29, 1.82) is 0 Å². The highest BCUT2D eigenvalue weighted by atomic mass is 16.1. The predicted molar refractivity (Wildman–Crippen MR) is 71.3 cm³/mol. The molecule has 1 N–H and O–H groups in total. The van der Waals surface area contributed by atoms with Crippen LogP contribution in [0.3, 0.4) is 0 Å². The normalized spacial score (nSPS) is 10.8. The van der Waals surface area contributed by atoms with Gasteiger partial charge in [0.2, 0.25) is 0 Å². The van der Waals surface area contributed by atoms with Crippen LogP contribution in [0.1, 0.15) is 15.9 Å². The zero-order chi connectivity index (χ0) is 11.8. The molecule has 0 bridgehead atoms. The first-order chi connectivity index (χ1) is 8.35. The number of hydrogen-bond acceptors (Lipinski definition) is 1. The molecule has 0 radical (unpaired) electrons. The first-order valence-corrected chi connectivity index (χ1v) is 5.46. The van der Waals surface area contributed by atoms with Gasteiger partial charge in [0.25, 0.3) is 0 Å². The third-order valence-electron chi connectivity index (χ3n) is 3.09. The van der Waals surface area contributed by atoms with E-state index >= 15 is 0 Å². The summed E-state index contributed by atoms with van der Waals surface area (Å²) in [5, 5.41) is 2.22. The van der Waals surface area contributed by atoms with E-state index in [1.54, 1.807) is 6.08 Å². The number of H-pyrrole nitrogens is 1. The van der Waals surface area contributed by atoms with E-state index < -0.39 is 0 Å². The molecule has 0 aliphatic heterocycles. The minimum absolute atomic E-state index is 0.675. The van der Waals surface area contributed by atoms with Crippen LogP contribution in [0.25, 0.3) is 27.9 Å². The van der Waals surface area contributed by atoms with Crippen molar-refractivity contribution in [1.82, 2.24) is 4.98 Å². The van der Waals surface area contributed by atoms with Gasteiger partial charge in [0, 0.05) is 21.9 Å². The molecule has 2 nitrogen and oxygen atoms in total. The maximum Gasteiger partial charge on any atom is 0.152 e. The van der Waals surface area contributed by atoms with Crippen LogP contribution in [0.5, 0.6) is 0 Å². The van der Waals surface area contributed by atoms with E-state index in [1.165, 1.54) is 0 Å². The molecule has 1 heterocycles. The summed E-state index contributed by atoms with van der Waals surface area (Å²) in [6, 6.07) is 12.0. The Morgan fingerprint density at radius 1 is 1.06 bits per heavy atom. The fraction of sp³-hybridized carbons (Fsp3) is 0. The van der Waals surface area contributed by atoms with Gasteiger partial charge in [-0.2, -0.15) is 0 Å². The molecule has 0 aliphatic rings. The van der Waals surface area contributed by atoms with Gasteiger partial charge >= 0.3 is 0 Å².